The number of H-pyrrole nitrogens is 1. The van der Waals surface area contributed by atoms with Gasteiger partial charge in [-0.1, -0.05) is 47.5 Å². The van der Waals surface area contributed by atoms with E-state index < -0.39 is 41.5 Å². The number of aliphatic hydroxyl groups is 1. The van der Waals surface area contributed by atoms with Gasteiger partial charge in [0.15, 0.2) is 0 Å². The van der Waals surface area contributed by atoms with Crippen LogP contribution in [0.4, 0.5) is 15.8 Å². The molecule has 9 nitrogen and oxygen atoms in total. The van der Waals surface area contributed by atoms with E-state index in [4.69, 9.17) is 32.7 Å². The molecule has 1 fully saturated rings. The van der Waals surface area contributed by atoms with E-state index >= 15 is 0 Å². The largest absolute Gasteiger partial charge is 0.463 e. The lowest BCUT2D eigenvalue weighted by Crippen LogP contribution is -2.34. The average molecular weight is 524 g/mol. The van der Waals surface area contributed by atoms with Gasteiger partial charge in [-0.3, -0.25) is 19.1 Å². The number of para-hydroxylation sites is 2. The number of carbonyl (C=O) groups is 1. The second kappa shape index (κ2) is 10.6. The minimum atomic E-state index is -1.16. The summed E-state index contributed by atoms with van der Waals surface area (Å²) in [5.74, 6) is -1.75. The van der Waals surface area contributed by atoms with Crippen molar-refractivity contribution in [2.45, 2.75) is 31.3 Å². The van der Waals surface area contributed by atoms with Crippen molar-refractivity contribution in [2.24, 2.45) is 0 Å². The number of rotatable bonds is 7. The van der Waals surface area contributed by atoms with E-state index in [1.807, 2.05) is 4.98 Å². The molecule has 0 aliphatic carbocycles. The van der Waals surface area contributed by atoms with Gasteiger partial charge in [-0.2, -0.15) is 4.39 Å². The molecule has 35 heavy (non-hydrogen) atoms. The first-order valence-electron chi connectivity index (χ1n) is 10.5. The van der Waals surface area contributed by atoms with Crippen molar-refractivity contribution in [2.75, 3.05) is 11.9 Å². The maximum Gasteiger partial charge on any atom is 0.330 e. The quantitative estimate of drug-likeness (QED) is 0.406. The van der Waals surface area contributed by atoms with Gasteiger partial charge in [-0.05, 0) is 23.8 Å². The number of ether oxygens (including phenoxy) is 2. The van der Waals surface area contributed by atoms with E-state index in [1.165, 1.54) is 0 Å². The number of carbonyl (C=O) groups excluding carboxylic acids is 1. The van der Waals surface area contributed by atoms with Crippen LogP contribution in [-0.2, 0) is 20.7 Å². The van der Waals surface area contributed by atoms with E-state index in [9.17, 15) is 23.9 Å². The van der Waals surface area contributed by atoms with Crippen molar-refractivity contribution >= 4 is 40.5 Å². The molecule has 4 rings (SSSR count). The highest BCUT2D eigenvalue weighted by Gasteiger charge is 2.36. The molecule has 1 aliphatic heterocycles. The van der Waals surface area contributed by atoms with Crippen LogP contribution in [0.5, 0.6) is 0 Å². The molecule has 12 heteroatoms. The number of nitrogens with zero attached hydrogens (tertiary/aromatic N) is 1. The van der Waals surface area contributed by atoms with Gasteiger partial charge in [0.25, 0.3) is 5.56 Å². The zero-order valence-electron chi connectivity index (χ0n) is 18.0. The SMILES string of the molecule is O=C(Cc1ccccc1Nc1c(Cl)cccc1Cl)OCC1OC(n2cc(F)c(=O)[nH]c2=O)CC1O. The lowest BCUT2D eigenvalue weighted by atomic mass is 10.1. The highest BCUT2D eigenvalue weighted by molar-refractivity contribution is 6.39. The van der Waals surface area contributed by atoms with Gasteiger partial charge in [0.05, 0.1) is 34.5 Å². The minimum absolute atomic E-state index is 0.0566. The Morgan fingerprint density at radius 1 is 1.20 bits per heavy atom. The van der Waals surface area contributed by atoms with E-state index in [0.717, 1.165) is 4.57 Å². The number of benzene rings is 2. The number of aromatic nitrogens is 2. The molecule has 0 spiro atoms. The van der Waals surface area contributed by atoms with Crippen LogP contribution >= 0.6 is 23.2 Å². The van der Waals surface area contributed by atoms with E-state index in [-0.39, 0.29) is 19.4 Å². The molecule has 0 radical (unpaired) electrons. The first-order valence-corrected chi connectivity index (χ1v) is 11.3. The molecular weight excluding hydrogens is 504 g/mol. The molecule has 1 aromatic heterocycles. The van der Waals surface area contributed by atoms with Crippen LogP contribution in [0.15, 0.2) is 58.3 Å². The number of hydrogen-bond acceptors (Lipinski definition) is 7. The summed E-state index contributed by atoms with van der Waals surface area (Å²) >= 11 is 12.4. The fourth-order valence-corrected chi connectivity index (χ4v) is 4.13. The molecule has 0 bridgehead atoms. The molecule has 184 valence electrons. The Hall–Kier alpha value is -3.18. The highest BCUT2D eigenvalue weighted by Crippen LogP contribution is 2.34. The minimum Gasteiger partial charge on any atom is -0.463 e. The number of aliphatic hydroxyl groups excluding tert-OH is 1. The Balaban J connectivity index is 1.38. The normalized spacial score (nSPS) is 19.5. The van der Waals surface area contributed by atoms with E-state index in [0.29, 0.717) is 33.2 Å². The molecule has 3 unspecified atom stereocenters. The van der Waals surface area contributed by atoms with Crippen molar-refractivity contribution in [3.05, 3.63) is 90.9 Å². The topological polar surface area (TPSA) is 123 Å². The average Bonchev–Trinajstić information content (AvgIpc) is 3.18. The van der Waals surface area contributed by atoms with E-state index in [2.05, 4.69) is 5.32 Å². The van der Waals surface area contributed by atoms with Crippen LogP contribution in [0.25, 0.3) is 0 Å². The predicted octanol–water partition coefficient (Wildman–Crippen LogP) is 3.16. The van der Waals surface area contributed by atoms with Crippen LogP contribution in [0, 0.1) is 5.82 Å². The zero-order chi connectivity index (χ0) is 25.1. The monoisotopic (exact) mass is 523 g/mol. The zero-order valence-corrected chi connectivity index (χ0v) is 19.6. The number of hydrogen-bond donors (Lipinski definition) is 3. The molecule has 3 atom stereocenters. The lowest BCUT2D eigenvalue weighted by molar-refractivity contribution is -0.149. The third-order valence-electron chi connectivity index (χ3n) is 5.42. The van der Waals surface area contributed by atoms with Crippen LogP contribution in [0.1, 0.15) is 18.2 Å². The Morgan fingerprint density at radius 3 is 2.66 bits per heavy atom. The molecule has 0 amide bonds. The summed E-state index contributed by atoms with van der Waals surface area (Å²) in [7, 11) is 0. The summed E-state index contributed by atoms with van der Waals surface area (Å²) in [5.41, 5.74) is -0.305. The maximum absolute atomic E-state index is 13.6. The van der Waals surface area contributed by atoms with Crippen LogP contribution < -0.4 is 16.6 Å². The molecule has 3 aromatic rings. The second-order valence-electron chi connectivity index (χ2n) is 7.81. The van der Waals surface area contributed by atoms with Gasteiger partial charge in [-0.25, -0.2) is 4.79 Å². The van der Waals surface area contributed by atoms with Crippen molar-refractivity contribution in [1.82, 2.24) is 9.55 Å². The summed E-state index contributed by atoms with van der Waals surface area (Å²) < 4.78 is 25.3. The van der Waals surface area contributed by atoms with Gasteiger partial charge in [0.1, 0.15) is 18.9 Å². The summed E-state index contributed by atoms with van der Waals surface area (Å²) in [6, 6.07) is 12.1. The summed E-state index contributed by atoms with van der Waals surface area (Å²) in [5, 5.41) is 14.2. The third kappa shape index (κ3) is 5.73. The Labute approximate surface area is 208 Å². The number of halogens is 3. The fraction of sp³-hybridized carbons (Fsp3) is 0.261. The molecule has 0 saturated carbocycles. The molecule has 2 aromatic carbocycles. The van der Waals surface area contributed by atoms with Gasteiger partial charge < -0.3 is 19.9 Å². The van der Waals surface area contributed by atoms with Crippen molar-refractivity contribution in [3.63, 3.8) is 0 Å². The van der Waals surface area contributed by atoms with Crippen LogP contribution in [0.2, 0.25) is 10.0 Å². The molecule has 1 saturated heterocycles. The number of anilines is 2. The number of esters is 1. The number of aromatic amines is 1. The summed E-state index contributed by atoms with van der Waals surface area (Å²) in [6.45, 7) is -0.289. The summed E-state index contributed by atoms with van der Waals surface area (Å²) in [4.78, 5) is 37.5. The molecule has 3 N–H and O–H groups in total. The smallest absolute Gasteiger partial charge is 0.330 e. The van der Waals surface area contributed by atoms with Gasteiger partial charge in [0.2, 0.25) is 5.82 Å². The van der Waals surface area contributed by atoms with Gasteiger partial charge in [0, 0.05) is 12.1 Å². The molecule has 2 heterocycles. The highest BCUT2D eigenvalue weighted by atomic mass is 35.5. The predicted molar refractivity (Wildman–Crippen MR) is 127 cm³/mol. The Kier molecular flexibility index (Phi) is 7.56. The first kappa shape index (κ1) is 24.9. The Bertz CT molecular complexity index is 1340. The standard InChI is InChI=1S/C23H20Cl2FN3O6/c24-13-5-3-6-14(25)21(13)27-16-7-2-1-4-12(16)8-20(31)34-11-18-17(30)9-19(35-18)29-10-15(26)22(32)28-23(29)33/h1-7,10,17-19,27,30H,8-9,11H2,(H,28,32,33). The van der Waals surface area contributed by atoms with Crippen LogP contribution in [-0.4, -0.2) is 39.4 Å². The third-order valence-corrected chi connectivity index (χ3v) is 6.05. The van der Waals surface area contributed by atoms with Crippen molar-refractivity contribution < 1.29 is 23.8 Å². The fourth-order valence-electron chi connectivity index (χ4n) is 3.64. The first-order chi connectivity index (χ1) is 16.7. The van der Waals surface area contributed by atoms with Crippen molar-refractivity contribution in [1.29, 1.82) is 0 Å². The molecule has 1 aliphatic rings. The molecular formula is C23H20Cl2FN3O6. The Morgan fingerprint density at radius 2 is 1.91 bits per heavy atom. The van der Waals surface area contributed by atoms with Crippen molar-refractivity contribution in [3.8, 4) is 0 Å². The second-order valence-corrected chi connectivity index (χ2v) is 8.63. The van der Waals surface area contributed by atoms with E-state index in [1.54, 1.807) is 42.5 Å². The maximum atomic E-state index is 13.6. The van der Waals surface area contributed by atoms with Crippen LogP contribution in [0.3, 0.4) is 0 Å². The van der Waals surface area contributed by atoms with Gasteiger partial charge in [-0.15, -0.1) is 0 Å². The summed E-state index contributed by atoms with van der Waals surface area (Å²) in [6.07, 6.45) is -2.49. The van der Waals surface area contributed by atoms with Gasteiger partial charge >= 0.3 is 11.7 Å². The number of nitrogens with one attached hydrogen (secondary N) is 2. The lowest BCUT2D eigenvalue weighted by Gasteiger charge is -2.17.